The number of hydrogen-bond donors (Lipinski definition) is 2. The number of nitriles is 1. The lowest BCUT2D eigenvalue weighted by Crippen LogP contribution is -2.26. The fourth-order valence-electron chi connectivity index (χ4n) is 3.19. The molecular formula is C32H31N3O7S. The fourth-order valence-corrected chi connectivity index (χ4v) is 4.29. The molecule has 3 rings (SSSR count). The number of carbonyl (C=O) groups is 3. The fraction of sp³-hybridized carbons (Fsp3) is 0.125. The van der Waals surface area contributed by atoms with Crippen LogP contribution in [-0.2, 0) is 29.1 Å². The number of methoxy groups -OCH3 is 1. The third-order valence-electron chi connectivity index (χ3n) is 5.40. The topological polar surface area (TPSA) is 152 Å². The molecule has 0 fully saturated rings. The highest BCUT2D eigenvalue weighted by molar-refractivity contribution is 7.89. The second kappa shape index (κ2) is 15.5. The summed E-state index contributed by atoms with van der Waals surface area (Å²) in [5.74, 6) is -1.68. The van der Waals surface area contributed by atoms with Gasteiger partial charge in [0.25, 0.3) is 15.9 Å². The van der Waals surface area contributed by atoms with Crippen molar-refractivity contribution in [3.05, 3.63) is 120 Å². The Kier molecular flexibility index (Phi) is 12.2. The quantitative estimate of drug-likeness (QED) is 0.149. The summed E-state index contributed by atoms with van der Waals surface area (Å²) in [7, 11) is -2.79. The number of carbonyl (C=O) groups excluding carboxylic acids is 3. The molecule has 43 heavy (non-hydrogen) atoms. The van der Waals surface area contributed by atoms with Crippen LogP contribution >= 0.6 is 0 Å². The van der Waals surface area contributed by atoms with Crippen molar-refractivity contribution in [2.75, 3.05) is 12.4 Å². The van der Waals surface area contributed by atoms with Gasteiger partial charge >= 0.3 is 11.9 Å². The van der Waals surface area contributed by atoms with Gasteiger partial charge in [-0.15, -0.1) is 0 Å². The minimum Gasteiger partial charge on any atom is -0.466 e. The predicted octanol–water partition coefficient (Wildman–Crippen LogP) is 5.06. The van der Waals surface area contributed by atoms with Crippen LogP contribution in [0.1, 0.15) is 25.0 Å². The molecule has 0 saturated carbocycles. The molecule has 2 N–H and O–H groups in total. The lowest BCUT2D eigenvalue weighted by Gasteiger charge is -2.15. The number of rotatable bonds is 9. The van der Waals surface area contributed by atoms with Crippen molar-refractivity contribution >= 4 is 39.3 Å². The summed E-state index contributed by atoms with van der Waals surface area (Å²) in [6.07, 6.45) is 0. The summed E-state index contributed by atoms with van der Waals surface area (Å²) >= 11 is 0. The van der Waals surface area contributed by atoms with Crippen molar-refractivity contribution in [2.45, 2.75) is 25.7 Å². The molecule has 0 aliphatic carbocycles. The number of benzene rings is 3. The van der Waals surface area contributed by atoms with Crippen molar-refractivity contribution < 1.29 is 32.3 Å². The standard InChI is InChI=1S/C27H23N3O5S.C5H8O2/c1-18(2)27(32)35-22-11-7-10-21(16-22)29-26(31)24(17-28)25(20-8-5-4-6-9-20)30-36(33,34)23-14-12-19(3)13-15-23;1-4(2)5(6)7-3/h4-16,30H,1H2,2-3H3,(H,29,31);1H2,2-3H3. The number of nitrogens with one attached hydrogen (secondary N) is 2. The van der Waals surface area contributed by atoms with E-state index in [-0.39, 0.29) is 33.6 Å². The van der Waals surface area contributed by atoms with E-state index in [1.807, 2.05) is 13.0 Å². The van der Waals surface area contributed by atoms with E-state index in [4.69, 9.17) is 4.74 Å². The largest absolute Gasteiger partial charge is 0.466 e. The van der Waals surface area contributed by atoms with Gasteiger partial charge in [-0.05, 0) is 45.0 Å². The summed E-state index contributed by atoms with van der Waals surface area (Å²) in [6.45, 7) is 11.8. The molecule has 0 bridgehead atoms. The molecule has 0 atom stereocenters. The first kappa shape index (κ1) is 33.7. The van der Waals surface area contributed by atoms with Crippen LogP contribution in [0, 0.1) is 18.3 Å². The number of aryl methyl sites for hydroxylation is 1. The first-order valence-corrected chi connectivity index (χ1v) is 14.1. The van der Waals surface area contributed by atoms with E-state index in [1.165, 1.54) is 44.4 Å². The van der Waals surface area contributed by atoms with Gasteiger partial charge in [0.15, 0.2) is 0 Å². The molecule has 3 aromatic rings. The van der Waals surface area contributed by atoms with E-state index >= 15 is 0 Å². The molecule has 0 aromatic heterocycles. The first-order chi connectivity index (χ1) is 20.3. The van der Waals surface area contributed by atoms with Crippen LogP contribution < -0.4 is 14.8 Å². The van der Waals surface area contributed by atoms with Crippen LogP contribution in [0.4, 0.5) is 5.69 Å². The summed E-state index contributed by atoms with van der Waals surface area (Å²) in [5, 5.41) is 12.4. The monoisotopic (exact) mass is 601 g/mol. The minimum absolute atomic E-state index is 0.0220. The Morgan fingerprint density at radius 1 is 0.860 bits per heavy atom. The van der Waals surface area contributed by atoms with Gasteiger partial charge in [-0.2, -0.15) is 5.26 Å². The van der Waals surface area contributed by atoms with Gasteiger partial charge < -0.3 is 14.8 Å². The number of ether oxygens (including phenoxy) is 2. The zero-order valence-electron chi connectivity index (χ0n) is 24.1. The maximum Gasteiger partial charge on any atom is 0.338 e. The summed E-state index contributed by atoms with van der Waals surface area (Å²) in [5.41, 5.74) is 1.43. The third kappa shape index (κ3) is 10.1. The van der Waals surface area contributed by atoms with Crippen molar-refractivity contribution in [3.63, 3.8) is 0 Å². The van der Waals surface area contributed by atoms with Crippen molar-refractivity contribution in [1.82, 2.24) is 4.72 Å². The van der Waals surface area contributed by atoms with E-state index in [0.717, 1.165) is 5.56 Å². The average molecular weight is 602 g/mol. The predicted molar refractivity (Wildman–Crippen MR) is 163 cm³/mol. The first-order valence-electron chi connectivity index (χ1n) is 12.6. The molecule has 222 valence electrons. The van der Waals surface area contributed by atoms with E-state index in [2.05, 4.69) is 27.9 Å². The van der Waals surface area contributed by atoms with Crippen LogP contribution in [-0.4, -0.2) is 33.4 Å². The number of hydrogen-bond acceptors (Lipinski definition) is 8. The van der Waals surface area contributed by atoms with Crippen molar-refractivity contribution in [1.29, 1.82) is 5.26 Å². The Balaban J connectivity index is 0.000000821. The Morgan fingerprint density at radius 3 is 1.98 bits per heavy atom. The zero-order chi connectivity index (χ0) is 32.2. The highest BCUT2D eigenvalue weighted by atomic mass is 32.2. The minimum atomic E-state index is -4.12. The molecule has 0 heterocycles. The number of sulfonamides is 1. The number of nitrogens with zero attached hydrogens (tertiary/aromatic N) is 1. The van der Waals surface area contributed by atoms with E-state index in [0.29, 0.717) is 11.1 Å². The van der Waals surface area contributed by atoms with Gasteiger partial charge in [0.1, 0.15) is 17.4 Å². The Bertz CT molecular complexity index is 1700. The zero-order valence-corrected chi connectivity index (χ0v) is 24.9. The molecule has 0 saturated heterocycles. The molecular weight excluding hydrogens is 570 g/mol. The normalized spacial score (nSPS) is 10.9. The SMILES string of the molecule is C=C(C)C(=O)OC.C=C(C)C(=O)Oc1cccc(NC(=O)C(C#N)=C(NS(=O)(=O)c2ccc(C)cc2)c2ccccc2)c1. The number of anilines is 1. The van der Waals surface area contributed by atoms with Crippen LogP contribution in [0.2, 0.25) is 0 Å². The smallest absolute Gasteiger partial charge is 0.338 e. The van der Waals surface area contributed by atoms with E-state index in [9.17, 15) is 28.1 Å². The van der Waals surface area contributed by atoms with Gasteiger partial charge in [-0.25, -0.2) is 18.0 Å². The maximum atomic E-state index is 13.1. The van der Waals surface area contributed by atoms with Gasteiger partial charge in [-0.1, -0.05) is 67.3 Å². The lowest BCUT2D eigenvalue weighted by atomic mass is 10.1. The Hall–Kier alpha value is -5.47. The lowest BCUT2D eigenvalue weighted by molar-refractivity contribution is -0.136. The highest BCUT2D eigenvalue weighted by Gasteiger charge is 2.23. The van der Waals surface area contributed by atoms with Crippen LogP contribution in [0.15, 0.2) is 114 Å². The summed E-state index contributed by atoms with van der Waals surface area (Å²) in [4.78, 5) is 35.1. The summed E-state index contributed by atoms with van der Waals surface area (Å²) < 4.78 is 38.0. The highest BCUT2D eigenvalue weighted by Crippen LogP contribution is 2.23. The van der Waals surface area contributed by atoms with E-state index in [1.54, 1.807) is 55.5 Å². The molecule has 3 aromatic carbocycles. The van der Waals surface area contributed by atoms with Gasteiger partial charge in [0.05, 0.1) is 17.7 Å². The number of esters is 2. The molecule has 0 aliphatic rings. The van der Waals surface area contributed by atoms with Gasteiger partial charge in [0.2, 0.25) is 0 Å². The number of amides is 1. The van der Waals surface area contributed by atoms with Crippen LogP contribution in [0.5, 0.6) is 5.75 Å². The maximum absolute atomic E-state index is 13.1. The van der Waals surface area contributed by atoms with Crippen molar-refractivity contribution in [2.24, 2.45) is 0 Å². The van der Waals surface area contributed by atoms with E-state index < -0.39 is 27.5 Å². The van der Waals surface area contributed by atoms with Crippen LogP contribution in [0.25, 0.3) is 5.70 Å². The average Bonchev–Trinajstić information content (AvgIpc) is 2.97. The Morgan fingerprint density at radius 2 is 1.47 bits per heavy atom. The molecule has 0 unspecified atom stereocenters. The molecule has 11 heteroatoms. The Labute approximate surface area is 251 Å². The summed E-state index contributed by atoms with van der Waals surface area (Å²) in [6, 6.07) is 22.1. The van der Waals surface area contributed by atoms with Crippen LogP contribution in [0.3, 0.4) is 0 Å². The second-order valence-electron chi connectivity index (χ2n) is 9.07. The second-order valence-corrected chi connectivity index (χ2v) is 10.8. The third-order valence-corrected chi connectivity index (χ3v) is 6.77. The van der Waals surface area contributed by atoms with Gasteiger partial charge in [0, 0.05) is 28.5 Å². The molecule has 1 amide bonds. The molecule has 10 nitrogen and oxygen atoms in total. The molecule has 0 spiro atoms. The van der Waals surface area contributed by atoms with Crippen molar-refractivity contribution in [3.8, 4) is 11.8 Å². The van der Waals surface area contributed by atoms with Gasteiger partial charge in [-0.3, -0.25) is 9.52 Å². The molecule has 0 radical (unpaired) electrons. The molecule has 0 aliphatic heterocycles.